The molecule has 1 amide bonds. The van der Waals surface area contributed by atoms with E-state index in [0.717, 1.165) is 31.6 Å². The van der Waals surface area contributed by atoms with Gasteiger partial charge in [-0.1, -0.05) is 18.2 Å². The van der Waals surface area contributed by atoms with E-state index < -0.39 is 0 Å². The summed E-state index contributed by atoms with van der Waals surface area (Å²) in [5, 5.41) is 9.37. The Morgan fingerprint density at radius 2 is 2.10 bits per heavy atom. The van der Waals surface area contributed by atoms with Crippen LogP contribution in [-0.4, -0.2) is 48.2 Å². The molecule has 2 rings (SSSR count). The van der Waals surface area contributed by atoms with E-state index in [0.29, 0.717) is 6.42 Å². The van der Waals surface area contributed by atoms with E-state index in [-0.39, 0.29) is 18.1 Å². The molecule has 0 aliphatic carbocycles. The van der Waals surface area contributed by atoms with Crippen molar-refractivity contribution < 1.29 is 9.90 Å². The number of likely N-dealkylation sites (N-methyl/N-ethyl adjacent to an activating group) is 1. The molecule has 1 saturated heterocycles. The summed E-state index contributed by atoms with van der Waals surface area (Å²) in [7, 11) is 1.97. The summed E-state index contributed by atoms with van der Waals surface area (Å²) in [5.41, 5.74) is 0.978. The molecule has 2 atom stereocenters. The highest BCUT2D eigenvalue weighted by atomic mass is 16.3. The highest BCUT2D eigenvalue weighted by Gasteiger charge is 2.32. The van der Waals surface area contributed by atoms with Gasteiger partial charge in [0, 0.05) is 18.8 Å². The molecule has 1 N–H and O–H groups in total. The minimum absolute atomic E-state index is 0.0669. The molecule has 1 heterocycles. The quantitative estimate of drug-likeness (QED) is 0.893. The summed E-state index contributed by atoms with van der Waals surface area (Å²) >= 11 is 0. The van der Waals surface area contributed by atoms with Gasteiger partial charge in [0.15, 0.2) is 0 Å². The number of hydrogen-bond acceptors (Lipinski definition) is 3. The molecule has 4 heteroatoms. The van der Waals surface area contributed by atoms with Gasteiger partial charge >= 0.3 is 0 Å². The SMILES string of the molecule is CC(O)CCN(C)C1CCCN(c2ccccc2)C1=O. The van der Waals surface area contributed by atoms with E-state index in [4.69, 9.17) is 0 Å². The molecule has 1 aromatic rings. The molecule has 0 spiro atoms. The van der Waals surface area contributed by atoms with E-state index in [2.05, 4.69) is 4.90 Å². The second-order valence-corrected chi connectivity index (χ2v) is 5.60. The number of para-hydroxylation sites is 1. The number of nitrogens with zero attached hydrogens (tertiary/aromatic N) is 2. The number of benzene rings is 1. The number of piperidine rings is 1. The molecular formula is C16H24N2O2. The van der Waals surface area contributed by atoms with Crippen molar-refractivity contribution in [2.24, 2.45) is 0 Å². The Morgan fingerprint density at radius 3 is 2.75 bits per heavy atom. The lowest BCUT2D eigenvalue weighted by Crippen LogP contribution is -2.51. The van der Waals surface area contributed by atoms with Gasteiger partial charge in [-0.2, -0.15) is 0 Å². The molecule has 0 aromatic heterocycles. The van der Waals surface area contributed by atoms with Crippen LogP contribution in [0.1, 0.15) is 26.2 Å². The largest absolute Gasteiger partial charge is 0.393 e. The first-order valence-electron chi connectivity index (χ1n) is 7.34. The molecule has 4 nitrogen and oxygen atoms in total. The van der Waals surface area contributed by atoms with Crippen LogP contribution < -0.4 is 4.90 Å². The van der Waals surface area contributed by atoms with Gasteiger partial charge in [0.2, 0.25) is 5.91 Å². The van der Waals surface area contributed by atoms with Crippen molar-refractivity contribution in [3.05, 3.63) is 30.3 Å². The number of carbonyl (C=O) groups is 1. The predicted molar refractivity (Wildman–Crippen MR) is 80.7 cm³/mol. The third-order valence-corrected chi connectivity index (χ3v) is 3.91. The van der Waals surface area contributed by atoms with Gasteiger partial charge in [-0.15, -0.1) is 0 Å². The molecule has 1 aromatic carbocycles. The fraction of sp³-hybridized carbons (Fsp3) is 0.562. The summed E-state index contributed by atoms with van der Waals surface area (Å²) in [6.07, 6.45) is 2.30. The van der Waals surface area contributed by atoms with Crippen LogP contribution in [0.25, 0.3) is 0 Å². The van der Waals surface area contributed by atoms with Crippen LogP contribution in [0.5, 0.6) is 0 Å². The number of aliphatic hydroxyl groups is 1. The Balaban J connectivity index is 2.03. The van der Waals surface area contributed by atoms with Gasteiger partial charge < -0.3 is 10.0 Å². The zero-order valence-electron chi connectivity index (χ0n) is 12.3. The molecule has 110 valence electrons. The third-order valence-electron chi connectivity index (χ3n) is 3.91. The smallest absolute Gasteiger partial charge is 0.244 e. The second-order valence-electron chi connectivity index (χ2n) is 5.60. The molecule has 2 unspecified atom stereocenters. The fourth-order valence-corrected chi connectivity index (χ4v) is 2.68. The molecule has 1 aliphatic heterocycles. The maximum Gasteiger partial charge on any atom is 0.244 e. The average Bonchev–Trinajstić information content (AvgIpc) is 2.46. The Kier molecular flexibility index (Phi) is 5.15. The van der Waals surface area contributed by atoms with Crippen molar-refractivity contribution in [3.8, 4) is 0 Å². The van der Waals surface area contributed by atoms with Crippen molar-refractivity contribution in [1.82, 2.24) is 4.90 Å². The standard InChI is InChI=1S/C16H24N2O2/c1-13(19)10-12-17(2)15-9-6-11-18(16(15)20)14-7-4-3-5-8-14/h3-5,7-8,13,15,19H,6,9-12H2,1-2H3. The number of anilines is 1. The summed E-state index contributed by atoms with van der Waals surface area (Å²) in [4.78, 5) is 16.6. The molecule has 20 heavy (non-hydrogen) atoms. The summed E-state index contributed by atoms with van der Waals surface area (Å²) < 4.78 is 0. The minimum atomic E-state index is -0.318. The van der Waals surface area contributed by atoms with Crippen LogP contribution in [0.4, 0.5) is 5.69 Å². The Labute approximate surface area is 121 Å². The van der Waals surface area contributed by atoms with E-state index in [1.165, 1.54) is 0 Å². The second kappa shape index (κ2) is 6.86. The molecule has 1 aliphatic rings. The topological polar surface area (TPSA) is 43.8 Å². The summed E-state index contributed by atoms with van der Waals surface area (Å²) in [5.74, 6) is 0.176. The Hall–Kier alpha value is -1.39. The van der Waals surface area contributed by atoms with Gasteiger partial charge in [0.25, 0.3) is 0 Å². The Morgan fingerprint density at radius 1 is 1.40 bits per heavy atom. The zero-order chi connectivity index (χ0) is 14.5. The minimum Gasteiger partial charge on any atom is -0.393 e. The van der Waals surface area contributed by atoms with Gasteiger partial charge in [-0.05, 0) is 45.4 Å². The Bertz CT molecular complexity index is 433. The maximum absolute atomic E-state index is 12.6. The zero-order valence-corrected chi connectivity index (χ0v) is 12.3. The average molecular weight is 276 g/mol. The summed E-state index contributed by atoms with van der Waals surface area (Å²) in [6.45, 7) is 3.33. The molecule has 0 bridgehead atoms. The van der Waals surface area contributed by atoms with Crippen molar-refractivity contribution in [2.45, 2.75) is 38.3 Å². The van der Waals surface area contributed by atoms with E-state index in [1.807, 2.05) is 42.3 Å². The molecule has 0 radical (unpaired) electrons. The van der Waals surface area contributed by atoms with Gasteiger partial charge in [-0.25, -0.2) is 0 Å². The lowest BCUT2D eigenvalue weighted by Gasteiger charge is -2.37. The number of rotatable bonds is 5. The van der Waals surface area contributed by atoms with E-state index in [1.54, 1.807) is 6.92 Å². The highest BCUT2D eigenvalue weighted by molar-refractivity contribution is 5.97. The number of carbonyl (C=O) groups excluding carboxylic acids is 1. The van der Waals surface area contributed by atoms with Crippen molar-refractivity contribution >= 4 is 11.6 Å². The van der Waals surface area contributed by atoms with Crippen LogP contribution in [0.2, 0.25) is 0 Å². The first-order valence-corrected chi connectivity index (χ1v) is 7.34. The van der Waals surface area contributed by atoms with Crippen molar-refractivity contribution in [1.29, 1.82) is 0 Å². The highest BCUT2D eigenvalue weighted by Crippen LogP contribution is 2.23. The predicted octanol–water partition coefficient (Wildman–Crippen LogP) is 1.88. The van der Waals surface area contributed by atoms with E-state index in [9.17, 15) is 9.90 Å². The molecule has 1 fully saturated rings. The lowest BCUT2D eigenvalue weighted by atomic mass is 10.0. The van der Waals surface area contributed by atoms with E-state index >= 15 is 0 Å². The van der Waals surface area contributed by atoms with Gasteiger partial charge in [0.05, 0.1) is 12.1 Å². The lowest BCUT2D eigenvalue weighted by molar-refractivity contribution is -0.125. The van der Waals surface area contributed by atoms with Gasteiger partial charge in [0.1, 0.15) is 0 Å². The number of hydrogen-bond donors (Lipinski definition) is 1. The fourth-order valence-electron chi connectivity index (χ4n) is 2.68. The van der Waals surface area contributed by atoms with Crippen LogP contribution in [-0.2, 0) is 4.79 Å². The van der Waals surface area contributed by atoms with Crippen LogP contribution in [0.15, 0.2) is 30.3 Å². The van der Waals surface area contributed by atoms with Crippen molar-refractivity contribution in [2.75, 3.05) is 25.0 Å². The van der Waals surface area contributed by atoms with Crippen molar-refractivity contribution in [3.63, 3.8) is 0 Å². The summed E-state index contributed by atoms with van der Waals surface area (Å²) in [6, 6.07) is 9.78. The van der Waals surface area contributed by atoms with Crippen LogP contribution in [0.3, 0.4) is 0 Å². The van der Waals surface area contributed by atoms with Crippen LogP contribution in [0, 0.1) is 0 Å². The first kappa shape index (κ1) is 15.0. The normalized spacial score (nSPS) is 21.3. The molecular weight excluding hydrogens is 252 g/mol. The third kappa shape index (κ3) is 3.58. The maximum atomic E-state index is 12.6. The molecule has 0 saturated carbocycles. The first-order chi connectivity index (χ1) is 9.59. The number of amides is 1. The monoisotopic (exact) mass is 276 g/mol. The number of aliphatic hydroxyl groups excluding tert-OH is 1. The van der Waals surface area contributed by atoms with Gasteiger partial charge in [-0.3, -0.25) is 9.69 Å². The van der Waals surface area contributed by atoms with Crippen LogP contribution >= 0.6 is 0 Å².